The molecule has 1 fully saturated rings. The Hall–Kier alpha value is -3.59. The monoisotopic (exact) mass is 480 g/mol. The zero-order chi connectivity index (χ0) is 23.7. The summed E-state index contributed by atoms with van der Waals surface area (Å²) in [5.74, 6) is 1.85. The van der Waals surface area contributed by atoms with E-state index < -0.39 is 6.61 Å². The molecule has 0 atom stereocenters. The van der Waals surface area contributed by atoms with Crippen molar-refractivity contribution in [2.75, 3.05) is 18.0 Å². The number of fused-ring (bicyclic) bond motifs is 1. The van der Waals surface area contributed by atoms with Gasteiger partial charge in [0, 0.05) is 42.5 Å². The molecule has 1 aliphatic heterocycles. The van der Waals surface area contributed by atoms with Crippen molar-refractivity contribution >= 4 is 11.5 Å². The molecule has 4 heterocycles. The van der Waals surface area contributed by atoms with Crippen LogP contribution in [0.25, 0.3) is 16.9 Å². The van der Waals surface area contributed by atoms with Crippen LogP contribution >= 0.6 is 0 Å². The van der Waals surface area contributed by atoms with Gasteiger partial charge in [-0.3, -0.25) is 4.98 Å². The number of piperidine rings is 1. The van der Waals surface area contributed by atoms with Crippen LogP contribution in [0.15, 0.2) is 55.0 Å². The first kappa shape index (κ1) is 24.5. The smallest absolute Gasteiger partial charge is 0.387 e. The van der Waals surface area contributed by atoms with Crippen molar-refractivity contribution in [2.45, 2.75) is 39.7 Å². The number of nitrogens with zero attached hydrogens (tertiary/aromatic N) is 5. The van der Waals surface area contributed by atoms with Crippen molar-refractivity contribution in [1.82, 2.24) is 25.5 Å². The Balaban J connectivity index is 0.00000289. The lowest BCUT2D eigenvalue weighted by molar-refractivity contribution is -0.0503. The van der Waals surface area contributed by atoms with E-state index in [0.717, 1.165) is 53.1 Å². The quantitative estimate of drug-likeness (QED) is 0.381. The van der Waals surface area contributed by atoms with Gasteiger partial charge in [-0.1, -0.05) is 25.1 Å². The minimum atomic E-state index is -2.87. The van der Waals surface area contributed by atoms with E-state index in [1.807, 2.05) is 48.1 Å². The van der Waals surface area contributed by atoms with Crippen LogP contribution in [0.5, 0.6) is 5.75 Å². The minimum absolute atomic E-state index is 0. The highest BCUT2D eigenvalue weighted by Crippen LogP contribution is 2.27. The van der Waals surface area contributed by atoms with Gasteiger partial charge in [0.2, 0.25) is 0 Å². The first-order chi connectivity index (χ1) is 16.5. The first-order valence-electron chi connectivity index (χ1n) is 11.6. The van der Waals surface area contributed by atoms with Gasteiger partial charge in [-0.05, 0) is 43.9 Å². The van der Waals surface area contributed by atoms with Crippen LogP contribution in [0.4, 0.5) is 14.6 Å². The fourth-order valence-corrected chi connectivity index (χ4v) is 4.49. The Labute approximate surface area is 203 Å². The highest BCUT2D eigenvalue weighted by molar-refractivity contribution is 5.62. The number of hydrogen-bond acceptors (Lipinski definition) is 6. The predicted octanol–water partition coefficient (Wildman–Crippen LogP) is 5.69. The van der Waals surface area contributed by atoms with Crippen LogP contribution in [-0.4, -0.2) is 39.1 Å². The number of alkyl halides is 2. The second-order valence-electron chi connectivity index (χ2n) is 8.88. The molecular weight excluding hydrogens is 450 g/mol. The fourth-order valence-electron chi connectivity index (χ4n) is 4.49. The minimum Gasteiger partial charge on any atom is -0.435 e. The molecule has 0 radical (unpaired) electrons. The number of benzene rings is 1. The van der Waals surface area contributed by atoms with E-state index in [9.17, 15) is 8.78 Å². The summed E-state index contributed by atoms with van der Waals surface area (Å²) in [6.45, 7) is 3.36. The lowest BCUT2D eigenvalue weighted by Crippen LogP contribution is -2.33. The number of pyridine rings is 1. The van der Waals surface area contributed by atoms with Gasteiger partial charge in [0.25, 0.3) is 0 Å². The van der Waals surface area contributed by atoms with Gasteiger partial charge < -0.3 is 20.2 Å². The molecule has 0 aliphatic carbocycles. The Bertz CT molecular complexity index is 1280. The van der Waals surface area contributed by atoms with Crippen LogP contribution < -0.4 is 15.8 Å². The van der Waals surface area contributed by atoms with Crippen LogP contribution in [0.1, 0.15) is 36.7 Å². The summed E-state index contributed by atoms with van der Waals surface area (Å²) in [4.78, 5) is 16.3. The molecule has 0 unspecified atom stereocenters. The molecule has 1 saturated heterocycles. The standard InChI is InChI=1S/C26H27F2N5O.H3N/c1-17-9-11-32(12-10-17)25-15-29-21(14-30-25)20-7-8-24-31-18(2)22(33(24)16-20)13-19-5-3-4-6-23(19)34-26(27)28;/h3-8,14-17,26H,9-13H2,1-2H3;1H3. The molecule has 5 rings (SSSR count). The van der Waals surface area contributed by atoms with Crippen molar-refractivity contribution in [2.24, 2.45) is 5.92 Å². The predicted molar refractivity (Wildman–Crippen MR) is 132 cm³/mol. The van der Waals surface area contributed by atoms with E-state index in [1.165, 1.54) is 12.8 Å². The van der Waals surface area contributed by atoms with E-state index in [0.29, 0.717) is 12.0 Å². The van der Waals surface area contributed by atoms with Crippen molar-refractivity contribution in [1.29, 1.82) is 0 Å². The lowest BCUT2D eigenvalue weighted by Gasteiger charge is -2.30. The molecule has 1 aliphatic rings. The molecule has 9 heteroatoms. The van der Waals surface area contributed by atoms with Gasteiger partial charge in [0.05, 0.1) is 23.8 Å². The number of hydrogen-bond donors (Lipinski definition) is 1. The van der Waals surface area contributed by atoms with Crippen LogP contribution in [0.3, 0.4) is 0 Å². The zero-order valence-corrected chi connectivity index (χ0v) is 20.0. The molecule has 1 aromatic carbocycles. The Morgan fingerprint density at radius 1 is 1.06 bits per heavy atom. The number of aryl methyl sites for hydroxylation is 1. The Morgan fingerprint density at radius 3 is 2.54 bits per heavy atom. The van der Waals surface area contributed by atoms with Crippen LogP contribution in [0.2, 0.25) is 0 Å². The SMILES string of the molecule is Cc1nc2ccc(-c3cnc(N4CCC(C)CC4)cn3)cn2c1Cc1ccccc1OC(F)F.N. The van der Waals surface area contributed by atoms with Gasteiger partial charge in [-0.2, -0.15) is 8.78 Å². The van der Waals surface area contributed by atoms with E-state index in [4.69, 9.17) is 4.74 Å². The third-order valence-electron chi connectivity index (χ3n) is 6.51. The third kappa shape index (κ3) is 5.24. The van der Waals surface area contributed by atoms with Gasteiger partial charge >= 0.3 is 6.61 Å². The van der Waals surface area contributed by atoms with Crippen molar-refractivity contribution < 1.29 is 13.5 Å². The summed E-state index contributed by atoms with van der Waals surface area (Å²) in [6.07, 6.45) is 8.39. The number of aromatic nitrogens is 4. The topological polar surface area (TPSA) is 90.6 Å². The molecule has 4 aromatic rings. The van der Waals surface area contributed by atoms with Gasteiger partial charge in [0.1, 0.15) is 17.2 Å². The van der Waals surface area contributed by atoms with E-state index >= 15 is 0 Å². The third-order valence-corrected chi connectivity index (χ3v) is 6.51. The number of halogens is 2. The average Bonchev–Trinajstić information content (AvgIpc) is 3.15. The van der Waals surface area contributed by atoms with Gasteiger partial charge in [0.15, 0.2) is 0 Å². The summed E-state index contributed by atoms with van der Waals surface area (Å²) in [6, 6.07) is 10.8. The van der Waals surface area contributed by atoms with E-state index in [2.05, 4.69) is 26.8 Å². The molecule has 0 amide bonds. The largest absolute Gasteiger partial charge is 0.435 e. The number of ether oxygens (including phenoxy) is 1. The Kier molecular flexibility index (Phi) is 7.25. The second kappa shape index (κ2) is 10.4. The number of imidazole rings is 1. The maximum Gasteiger partial charge on any atom is 0.387 e. The van der Waals surface area contributed by atoms with Gasteiger partial charge in [-0.15, -0.1) is 0 Å². The molecular formula is C26H30F2N6O. The maximum absolute atomic E-state index is 12.9. The molecule has 0 saturated carbocycles. The van der Waals surface area contributed by atoms with Crippen LogP contribution in [0, 0.1) is 12.8 Å². The highest BCUT2D eigenvalue weighted by Gasteiger charge is 2.18. The molecule has 0 spiro atoms. The summed E-state index contributed by atoms with van der Waals surface area (Å²) in [7, 11) is 0. The summed E-state index contributed by atoms with van der Waals surface area (Å²) in [5.41, 5.74) is 4.90. The van der Waals surface area contributed by atoms with E-state index in [1.54, 1.807) is 18.2 Å². The van der Waals surface area contributed by atoms with E-state index in [-0.39, 0.29) is 11.9 Å². The summed E-state index contributed by atoms with van der Waals surface area (Å²) >= 11 is 0. The summed E-state index contributed by atoms with van der Waals surface area (Å²) < 4.78 is 32.4. The molecule has 0 bridgehead atoms. The van der Waals surface area contributed by atoms with Gasteiger partial charge in [-0.25, -0.2) is 9.97 Å². The zero-order valence-electron chi connectivity index (χ0n) is 20.0. The molecule has 35 heavy (non-hydrogen) atoms. The maximum atomic E-state index is 12.9. The van der Waals surface area contributed by atoms with Crippen LogP contribution in [-0.2, 0) is 6.42 Å². The molecule has 3 N–H and O–H groups in total. The normalized spacial score (nSPS) is 14.4. The summed E-state index contributed by atoms with van der Waals surface area (Å²) in [5, 5.41) is 0. The molecule has 3 aromatic heterocycles. The number of anilines is 1. The van der Waals surface area contributed by atoms with Crippen molar-refractivity contribution in [3.8, 4) is 17.0 Å². The molecule has 7 nitrogen and oxygen atoms in total. The lowest BCUT2D eigenvalue weighted by atomic mass is 9.99. The average molecular weight is 481 g/mol. The van der Waals surface area contributed by atoms with Crippen molar-refractivity contribution in [3.63, 3.8) is 0 Å². The highest BCUT2D eigenvalue weighted by atomic mass is 19.3. The molecule has 184 valence electrons. The number of para-hydroxylation sites is 1. The Morgan fingerprint density at radius 2 is 1.83 bits per heavy atom. The first-order valence-corrected chi connectivity index (χ1v) is 11.6. The second-order valence-corrected chi connectivity index (χ2v) is 8.88. The fraction of sp³-hybridized carbons (Fsp3) is 0.346. The number of rotatable bonds is 6. The van der Waals surface area contributed by atoms with Crippen molar-refractivity contribution in [3.05, 3.63) is 71.9 Å².